The first-order valence-corrected chi connectivity index (χ1v) is 14.8. The summed E-state index contributed by atoms with van der Waals surface area (Å²) in [6.07, 6.45) is 1.61. The topological polar surface area (TPSA) is 166 Å². The highest BCUT2D eigenvalue weighted by Crippen LogP contribution is 2.36. The second kappa shape index (κ2) is 9.72. The normalized spacial score (nSPS) is 15.6. The van der Waals surface area contributed by atoms with Crippen LogP contribution in [0.3, 0.4) is 0 Å². The zero-order valence-electron chi connectivity index (χ0n) is 19.2. The van der Waals surface area contributed by atoms with Gasteiger partial charge in [0.05, 0.1) is 32.6 Å². The van der Waals surface area contributed by atoms with Gasteiger partial charge in [-0.25, -0.2) is 21.8 Å². The average molecular weight is 555 g/mol. The van der Waals surface area contributed by atoms with Crippen LogP contribution in [-0.2, 0) is 24.7 Å². The van der Waals surface area contributed by atoms with Crippen molar-refractivity contribution in [2.75, 3.05) is 31.8 Å². The lowest BCUT2D eigenvalue weighted by atomic mass is 9.97. The Morgan fingerprint density at radius 3 is 2.31 bits per heavy atom. The highest BCUT2D eigenvalue weighted by atomic mass is 32.2. The molecule has 2 heterocycles. The molecule has 0 spiro atoms. The number of nitro groups is 1. The number of nitrogens with zero attached hydrogens (tertiary/aromatic N) is 3. The summed E-state index contributed by atoms with van der Waals surface area (Å²) in [7, 11) is -5.91. The van der Waals surface area contributed by atoms with Gasteiger partial charge >= 0.3 is 0 Å². The average Bonchev–Trinajstić information content (AvgIpc) is 3.25. The van der Waals surface area contributed by atoms with Crippen molar-refractivity contribution in [3.63, 3.8) is 0 Å². The van der Waals surface area contributed by atoms with E-state index < -0.39 is 30.7 Å². The van der Waals surface area contributed by atoms with Gasteiger partial charge in [0.15, 0.2) is 20.7 Å². The first kappa shape index (κ1) is 25.9. The number of sulfone groups is 1. The maximum absolute atomic E-state index is 13.0. The van der Waals surface area contributed by atoms with Crippen molar-refractivity contribution in [2.24, 2.45) is 5.92 Å². The number of piperidine rings is 1. The predicted molar refractivity (Wildman–Crippen MR) is 132 cm³/mol. The van der Waals surface area contributed by atoms with Crippen LogP contribution in [-0.4, -0.2) is 63.4 Å². The minimum Gasteiger partial charge on any atom is -0.494 e. The highest BCUT2D eigenvalue weighted by molar-refractivity contribution is 7.90. The summed E-state index contributed by atoms with van der Waals surface area (Å²) in [5, 5.41) is 14.1. The molecule has 0 aliphatic carbocycles. The number of nitrogens with one attached hydrogen (secondary N) is 1. The zero-order chi connectivity index (χ0) is 26.3. The van der Waals surface area contributed by atoms with E-state index in [-0.39, 0.29) is 58.2 Å². The van der Waals surface area contributed by atoms with E-state index in [2.05, 4.69) is 10.3 Å². The van der Waals surface area contributed by atoms with Crippen LogP contribution < -0.4 is 10.1 Å². The minimum atomic E-state index is -3.84. The third-order valence-corrected chi connectivity index (χ3v) is 9.78. The molecule has 36 heavy (non-hydrogen) atoms. The molecule has 15 heteroatoms. The van der Waals surface area contributed by atoms with Crippen molar-refractivity contribution in [2.45, 2.75) is 22.6 Å². The molecular weight excluding hydrogens is 532 g/mol. The minimum absolute atomic E-state index is 0.0182. The number of anilines is 1. The number of fused-ring (bicyclic) bond motifs is 1. The third kappa shape index (κ3) is 5.18. The van der Waals surface area contributed by atoms with Crippen molar-refractivity contribution in [1.82, 2.24) is 9.29 Å². The van der Waals surface area contributed by atoms with E-state index >= 15 is 0 Å². The van der Waals surface area contributed by atoms with Gasteiger partial charge in [-0.05, 0) is 37.1 Å². The van der Waals surface area contributed by atoms with Gasteiger partial charge in [-0.3, -0.25) is 14.9 Å². The number of non-ortho nitro benzene ring substituents is 1. The molecule has 1 fully saturated rings. The highest BCUT2D eigenvalue weighted by Gasteiger charge is 2.32. The molecule has 192 valence electrons. The van der Waals surface area contributed by atoms with E-state index in [9.17, 15) is 31.7 Å². The summed E-state index contributed by atoms with van der Waals surface area (Å²) in [5.41, 5.74) is 0.242. The Hall–Kier alpha value is -3.14. The van der Waals surface area contributed by atoms with Gasteiger partial charge in [-0.2, -0.15) is 4.31 Å². The first-order valence-electron chi connectivity index (χ1n) is 10.6. The molecule has 1 aliphatic rings. The largest absolute Gasteiger partial charge is 0.494 e. The Labute approximate surface area is 211 Å². The summed E-state index contributed by atoms with van der Waals surface area (Å²) in [4.78, 5) is 27.8. The van der Waals surface area contributed by atoms with Gasteiger partial charge in [0.1, 0.15) is 5.52 Å². The number of thiazole rings is 1. The molecule has 1 N–H and O–H groups in total. The molecule has 1 saturated heterocycles. The van der Waals surface area contributed by atoms with E-state index in [4.69, 9.17) is 4.74 Å². The number of hydrogen-bond donors (Lipinski definition) is 1. The molecule has 1 aliphatic heterocycles. The fraction of sp³-hybridized carbons (Fsp3) is 0.333. The van der Waals surface area contributed by atoms with Gasteiger partial charge < -0.3 is 10.1 Å². The van der Waals surface area contributed by atoms with E-state index in [0.717, 1.165) is 17.6 Å². The number of ether oxygens (including phenoxy) is 1. The van der Waals surface area contributed by atoms with Crippen molar-refractivity contribution in [3.05, 3.63) is 46.5 Å². The SMILES string of the molecule is COc1cc([N+](=O)[O-])cc2sc(NC(=O)C3CCN(S(=O)(=O)c4ccc(S(C)(=O)=O)cc4)CC3)nc12. The van der Waals surface area contributed by atoms with Gasteiger partial charge in [0.25, 0.3) is 5.69 Å². The number of nitro benzene ring substituents is 1. The Morgan fingerprint density at radius 1 is 1.14 bits per heavy atom. The van der Waals surface area contributed by atoms with Crippen molar-refractivity contribution >= 4 is 58.1 Å². The second-order valence-corrected chi connectivity index (χ2v) is 13.2. The molecular formula is C21H22N4O8S3. The van der Waals surface area contributed by atoms with E-state index in [0.29, 0.717) is 10.2 Å². The van der Waals surface area contributed by atoms with E-state index in [1.165, 1.54) is 47.8 Å². The predicted octanol–water partition coefficient (Wildman–Crippen LogP) is 2.66. The summed E-state index contributed by atoms with van der Waals surface area (Å²) in [5.74, 6) is -0.552. The van der Waals surface area contributed by atoms with Gasteiger partial charge in [-0.15, -0.1) is 0 Å². The maximum Gasteiger partial charge on any atom is 0.274 e. The van der Waals surface area contributed by atoms with Gasteiger partial charge in [0, 0.05) is 31.3 Å². The summed E-state index contributed by atoms with van der Waals surface area (Å²) < 4.78 is 56.1. The molecule has 1 amide bonds. The lowest BCUT2D eigenvalue weighted by Crippen LogP contribution is -2.41. The van der Waals surface area contributed by atoms with Gasteiger partial charge in [-0.1, -0.05) is 11.3 Å². The molecule has 0 unspecified atom stereocenters. The molecule has 4 rings (SSSR count). The number of aromatic nitrogens is 1. The second-order valence-electron chi connectivity index (χ2n) is 8.18. The number of carbonyl (C=O) groups excluding carboxylic acids is 1. The summed E-state index contributed by atoms with van der Waals surface area (Å²) in [6, 6.07) is 7.65. The van der Waals surface area contributed by atoms with Crippen LogP contribution in [0.25, 0.3) is 10.2 Å². The Bertz CT molecular complexity index is 1540. The first-order chi connectivity index (χ1) is 16.9. The molecule has 2 aromatic carbocycles. The zero-order valence-corrected chi connectivity index (χ0v) is 21.7. The van der Waals surface area contributed by atoms with Crippen molar-refractivity contribution in [3.8, 4) is 5.75 Å². The number of hydrogen-bond acceptors (Lipinski definition) is 10. The monoisotopic (exact) mass is 554 g/mol. The molecule has 12 nitrogen and oxygen atoms in total. The van der Waals surface area contributed by atoms with Crippen LogP contribution in [0.15, 0.2) is 46.2 Å². The molecule has 0 atom stereocenters. The summed E-state index contributed by atoms with van der Waals surface area (Å²) in [6.45, 7) is 0.238. The Balaban J connectivity index is 1.43. The lowest BCUT2D eigenvalue weighted by Gasteiger charge is -2.30. The molecule has 1 aromatic heterocycles. The number of benzene rings is 2. The number of methoxy groups -OCH3 is 1. The standard InChI is InChI=1S/C21H22N4O8S3/c1-33-17-11-14(25(27)28)12-18-19(17)22-21(34-18)23-20(26)13-7-9-24(10-8-13)36(31,32)16-5-3-15(4-6-16)35(2,29)30/h3-6,11-13H,7-10H2,1-2H3,(H,22,23,26). The third-order valence-electron chi connectivity index (χ3n) is 5.82. The number of amides is 1. The fourth-order valence-corrected chi connectivity index (χ4v) is 6.89. The molecule has 3 aromatic rings. The Kier molecular flexibility index (Phi) is 7.01. The molecule has 0 bridgehead atoms. The Morgan fingerprint density at radius 2 is 1.75 bits per heavy atom. The van der Waals surface area contributed by atoms with Gasteiger partial charge in [0.2, 0.25) is 15.9 Å². The fourth-order valence-electron chi connectivity index (χ4n) is 3.87. The van der Waals surface area contributed by atoms with Crippen LogP contribution in [0, 0.1) is 16.0 Å². The van der Waals surface area contributed by atoms with Crippen LogP contribution in [0.1, 0.15) is 12.8 Å². The van der Waals surface area contributed by atoms with Crippen molar-refractivity contribution in [1.29, 1.82) is 0 Å². The molecule has 0 radical (unpaired) electrons. The number of sulfonamides is 1. The number of rotatable bonds is 7. The maximum atomic E-state index is 13.0. The van der Waals surface area contributed by atoms with Crippen LogP contribution in [0.2, 0.25) is 0 Å². The smallest absolute Gasteiger partial charge is 0.274 e. The van der Waals surface area contributed by atoms with E-state index in [1.807, 2.05) is 0 Å². The summed E-state index contributed by atoms with van der Waals surface area (Å²) >= 11 is 1.08. The van der Waals surface area contributed by atoms with E-state index in [1.54, 1.807) is 0 Å². The quantitative estimate of drug-likeness (QED) is 0.341. The molecule has 0 saturated carbocycles. The van der Waals surface area contributed by atoms with Crippen molar-refractivity contribution < 1.29 is 31.3 Å². The van der Waals surface area contributed by atoms with Crippen LogP contribution in [0.4, 0.5) is 10.8 Å². The number of carbonyl (C=O) groups is 1. The van der Waals surface area contributed by atoms with Crippen LogP contribution in [0.5, 0.6) is 5.75 Å². The van der Waals surface area contributed by atoms with Crippen LogP contribution >= 0.6 is 11.3 Å². The lowest BCUT2D eigenvalue weighted by molar-refractivity contribution is -0.384.